The maximum Gasteiger partial charge on any atom is 0.0461 e. The van der Waals surface area contributed by atoms with Gasteiger partial charge in [-0.25, -0.2) is 0 Å². The van der Waals surface area contributed by atoms with Gasteiger partial charge in [0, 0.05) is 35.8 Å². The third-order valence-electron chi connectivity index (χ3n) is 4.04. The van der Waals surface area contributed by atoms with Crippen molar-refractivity contribution in [2.45, 2.75) is 32.9 Å². The molecular weight excluding hydrogens is 302 g/mol. The number of rotatable bonds is 5. The highest BCUT2D eigenvalue weighted by Gasteiger charge is 2.25. The molecule has 3 nitrogen and oxygen atoms in total. The molecule has 1 fully saturated rings. The summed E-state index contributed by atoms with van der Waals surface area (Å²) in [6, 6.07) is 7.01. The molecule has 1 aliphatic heterocycles. The number of nitrogen functional groups attached to an aromatic ring is 1. The van der Waals surface area contributed by atoms with Crippen molar-refractivity contribution in [2.75, 3.05) is 31.9 Å². The number of hydrogen-bond acceptors (Lipinski definition) is 3. The van der Waals surface area contributed by atoms with E-state index in [1.807, 2.05) is 6.07 Å². The van der Waals surface area contributed by atoms with E-state index < -0.39 is 0 Å². The zero-order valence-electron chi connectivity index (χ0n) is 11.9. The summed E-state index contributed by atoms with van der Waals surface area (Å²) in [5, 5.41) is 0. The van der Waals surface area contributed by atoms with Crippen molar-refractivity contribution < 1.29 is 0 Å². The van der Waals surface area contributed by atoms with Gasteiger partial charge in [0.25, 0.3) is 0 Å². The molecule has 0 amide bonds. The highest BCUT2D eigenvalue weighted by molar-refractivity contribution is 9.10. The van der Waals surface area contributed by atoms with Crippen LogP contribution in [0.1, 0.15) is 25.8 Å². The van der Waals surface area contributed by atoms with E-state index in [2.05, 4.69) is 51.7 Å². The molecule has 19 heavy (non-hydrogen) atoms. The lowest BCUT2D eigenvalue weighted by atomic mass is 10.2. The molecule has 1 heterocycles. The third kappa shape index (κ3) is 3.71. The number of benzene rings is 1. The van der Waals surface area contributed by atoms with Crippen molar-refractivity contribution in [3.63, 3.8) is 0 Å². The Balaban J connectivity index is 1.92. The molecule has 0 saturated carbocycles. The summed E-state index contributed by atoms with van der Waals surface area (Å²) in [5.74, 6) is 0. The molecule has 2 rings (SSSR count). The van der Waals surface area contributed by atoms with Crippen LogP contribution >= 0.6 is 15.9 Å². The van der Waals surface area contributed by atoms with E-state index in [0.717, 1.165) is 35.8 Å². The van der Waals surface area contributed by atoms with Crippen LogP contribution in [-0.4, -0.2) is 42.0 Å². The standard InChI is InChI=1S/C15H24BrN3/c1-3-19(4-2)13-7-8-18(11-13)10-12-5-6-14(16)15(17)9-12/h5-6,9,13H,3-4,7-8,10-11,17H2,1-2H3. The van der Waals surface area contributed by atoms with Gasteiger partial charge in [0.2, 0.25) is 0 Å². The second kappa shape index (κ2) is 6.73. The lowest BCUT2D eigenvalue weighted by molar-refractivity contribution is 0.209. The number of likely N-dealkylation sites (N-methyl/N-ethyl adjacent to an activating group) is 1. The summed E-state index contributed by atoms with van der Waals surface area (Å²) in [7, 11) is 0. The van der Waals surface area contributed by atoms with Gasteiger partial charge < -0.3 is 5.73 Å². The quantitative estimate of drug-likeness (QED) is 0.845. The zero-order valence-corrected chi connectivity index (χ0v) is 13.5. The van der Waals surface area contributed by atoms with Crippen molar-refractivity contribution in [3.05, 3.63) is 28.2 Å². The fourth-order valence-electron chi connectivity index (χ4n) is 2.94. The topological polar surface area (TPSA) is 32.5 Å². The van der Waals surface area contributed by atoms with Crippen molar-refractivity contribution >= 4 is 21.6 Å². The molecule has 0 bridgehead atoms. The van der Waals surface area contributed by atoms with Gasteiger partial charge in [0.05, 0.1) is 0 Å². The van der Waals surface area contributed by atoms with E-state index in [0.29, 0.717) is 0 Å². The Labute approximate surface area is 124 Å². The van der Waals surface area contributed by atoms with Crippen LogP contribution in [0, 0.1) is 0 Å². The second-order valence-corrected chi connectivity index (χ2v) is 6.11. The molecule has 106 valence electrons. The number of anilines is 1. The van der Waals surface area contributed by atoms with Gasteiger partial charge in [-0.05, 0) is 53.1 Å². The first-order chi connectivity index (χ1) is 9.13. The largest absolute Gasteiger partial charge is 0.398 e. The molecule has 1 aromatic carbocycles. The first-order valence-electron chi connectivity index (χ1n) is 7.14. The molecule has 0 spiro atoms. The van der Waals surface area contributed by atoms with Crippen LogP contribution in [0.15, 0.2) is 22.7 Å². The van der Waals surface area contributed by atoms with E-state index in [1.165, 1.54) is 25.1 Å². The summed E-state index contributed by atoms with van der Waals surface area (Å²) in [6.45, 7) is 10.2. The zero-order chi connectivity index (χ0) is 13.8. The predicted octanol–water partition coefficient (Wildman–Crippen LogP) is 2.95. The summed E-state index contributed by atoms with van der Waals surface area (Å²) in [5.41, 5.74) is 8.08. The number of halogens is 1. The molecule has 1 unspecified atom stereocenters. The van der Waals surface area contributed by atoms with Crippen LogP contribution in [0.5, 0.6) is 0 Å². The second-order valence-electron chi connectivity index (χ2n) is 5.25. The van der Waals surface area contributed by atoms with Crippen molar-refractivity contribution in [1.29, 1.82) is 0 Å². The Morgan fingerprint density at radius 1 is 1.37 bits per heavy atom. The first-order valence-corrected chi connectivity index (χ1v) is 7.93. The average Bonchev–Trinajstić information content (AvgIpc) is 2.84. The van der Waals surface area contributed by atoms with Crippen LogP contribution in [0.25, 0.3) is 0 Å². The van der Waals surface area contributed by atoms with Crippen LogP contribution in [0.4, 0.5) is 5.69 Å². The van der Waals surface area contributed by atoms with Gasteiger partial charge in [0.1, 0.15) is 0 Å². The SMILES string of the molecule is CCN(CC)C1CCN(Cc2ccc(Br)c(N)c2)C1. The van der Waals surface area contributed by atoms with Gasteiger partial charge in [-0.1, -0.05) is 19.9 Å². The van der Waals surface area contributed by atoms with Gasteiger partial charge in [-0.2, -0.15) is 0 Å². The fourth-order valence-corrected chi connectivity index (χ4v) is 3.19. The Hall–Kier alpha value is -0.580. The molecule has 4 heteroatoms. The Morgan fingerprint density at radius 3 is 2.74 bits per heavy atom. The number of likely N-dealkylation sites (tertiary alicyclic amines) is 1. The molecule has 0 aromatic heterocycles. The van der Waals surface area contributed by atoms with Crippen LogP contribution < -0.4 is 5.73 Å². The highest BCUT2D eigenvalue weighted by atomic mass is 79.9. The van der Waals surface area contributed by atoms with Gasteiger partial charge in [-0.15, -0.1) is 0 Å². The monoisotopic (exact) mass is 325 g/mol. The maximum atomic E-state index is 5.94. The van der Waals surface area contributed by atoms with Crippen LogP contribution in [-0.2, 0) is 6.54 Å². The maximum absolute atomic E-state index is 5.94. The van der Waals surface area contributed by atoms with Crippen molar-refractivity contribution in [2.24, 2.45) is 0 Å². The minimum absolute atomic E-state index is 0.725. The predicted molar refractivity (Wildman–Crippen MR) is 85.2 cm³/mol. The molecule has 0 aliphatic carbocycles. The Bertz CT molecular complexity index is 418. The van der Waals surface area contributed by atoms with E-state index in [4.69, 9.17) is 5.73 Å². The van der Waals surface area contributed by atoms with Crippen molar-refractivity contribution in [3.8, 4) is 0 Å². The van der Waals surface area contributed by atoms with E-state index >= 15 is 0 Å². The fraction of sp³-hybridized carbons (Fsp3) is 0.600. The lowest BCUT2D eigenvalue weighted by Crippen LogP contribution is -2.37. The van der Waals surface area contributed by atoms with E-state index in [-0.39, 0.29) is 0 Å². The van der Waals surface area contributed by atoms with Crippen LogP contribution in [0.3, 0.4) is 0 Å². The smallest absolute Gasteiger partial charge is 0.0461 e. The molecule has 0 radical (unpaired) electrons. The minimum Gasteiger partial charge on any atom is -0.398 e. The average molecular weight is 326 g/mol. The first kappa shape index (κ1) is 14.8. The third-order valence-corrected chi connectivity index (χ3v) is 4.77. The number of hydrogen-bond donors (Lipinski definition) is 1. The Kier molecular flexibility index (Phi) is 5.25. The summed E-state index contributed by atoms with van der Waals surface area (Å²) in [6.07, 6.45) is 1.29. The minimum atomic E-state index is 0.725. The molecule has 1 atom stereocenters. The molecule has 2 N–H and O–H groups in total. The molecule has 1 saturated heterocycles. The van der Waals surface area contributed by atoms with Gasteiger partial charge >= 0.3 is 0 Å². The van der Waals surface area contributed by atoms with Crippen molar-refractivity contribution in [1.82, 2.24) is 9.80 Å². The summed E-state index contributed by atoms with van der Waals surface area (Å²) >= 11 is 3.44. The summed E-state index contributed by atoms with van der Waals surface area (Å²) in [4.78, 5) is 5.10. The number of nitrogens with zero attached hydrogens (tertiary/aromatic N) is 2. The number of nitrogens with two attached hydrogens (primary N) is 1. The molecule has 1 aliphatic rings. The summed E-state index contributed by atoms with van der Waals surface area (Å²) < 4.78 is 0.985. The molecule has 1 aromatic rings. The van der Waals surface area contributed by atoms with E-state index in [1.54, 1.807) is 0 Å². The highest BCUT2D eigenvalue weighted by Crippen LogP contribution is 2.23. The lowest BCUT2D eigenvalue weighted by Gasteiger charge is -2.26. The van der Waals surface area contributed by atoms with Crippen LogP contribution in [0.2, 0.25) is 0 Å². The molecular formula is C15H24BrN3. The normalized spacial score (nSPS) is 20.3. The van der Waals surface area contributed by atoms with Gasteiger partial charge in [-0.3, -0.25) is 9.80 Å². The van der Waals surface area contributed by atoms with Gasteiger partial charge in [0.15, 0.2) is 0 Å². The van der Waals surface area contributed by atoms with E-state index in [9.17, 15) is 0 Å². The Morgan fingerprint density at radius 2 is 2.11 bits per heavy atom.